The number of morpholine rings is 1. The SMILES string of the molecule is C=C(Cc1csc(C2=NC(c3ccc(F)cc3Br)C(C(=O)OCC)=C(CN3CCOCC3OC=O)N2)n1)NC. The summed E-state index contributed by atoms with van der Waals surface area (Å²) in [5.41, 5.74) is 2.99. The van der Waals surface area contributed by atoms with Crippen molar-refractivity contribution in [2.45, 2.75) is 25.6 Å². The molecule has 2 N–H and O–H groups in total. The van der Waals surface area contributed by atoms with Crippen LogP contribution in [0.4, 0.5) is 4.39 Å². The van der Waals surface area contributed by atoms with Crippen LogP contribution >= 0.6 is 27.3 Å². The number of likely N-dealkylation sites (N-methyl/N-ethyl adjacent to an activating group) is 1. The Morgan fingerprint density at radius 3 is 3.00 bits per heavy atom. The molecule has 2 atom stereocenters. The van der Waals surface area contributed by atoms with Crippen molar-refractivity contribution >= 4 is 45.5 Å². The highest BCUT2D eigenvalue weighted by molar-refractivity contribution is 9.10. The zero-order valence-corrected chi connectivity index (χ0v) is 23.9. The largest absolute Gasteiger partial charge is 0.463 e. The Bertz CT molecular complexity index is 1300. The predicted molar refractivity (Wildman–Crippen MR) is 148 cm³/mol. The number of esters is 1. The Labute approximate surface area is 238 Å². The lowest BCUT2D eigenvalue weighted by molar-refractivity contribution is -0.160. The first kappa shape index (κ1) is 28.9. The molecule has 2 unspecified atom stereocenters. The van der Waals surface area contributed by atoms with Crippen molar-refractivity contribution < 1.29 is 28.2 Å². The highest BCUT2D eigenvalue weighted by Crippen LogP contribution is 2.37. The number of hydrogen-bond acceptors (Lipinski definition) is 11. The van der Waals surface area contributed by atoms with Crippen LogP contribution in [0.1, 0.15) is 29.2 Å². The fourth-order valence-corrected chi connectivity index (χ4v) is 5.56. The van der Waals surface area contributed by atoms with Crippen LogP contribution in [0.5, 0.6) is 0 Å². The van der Waals surface area contributed by atoms with Crippen LogP contribution in [-0.2, 0) is 30.2 Å². The van der Waals surface area contributed by atoms with E-state index in [4.69, 9.17) is 24.2 Å². The summed E-state index contributed by atoms with van der Waals surface area (Å²) in [5, 5.41) is 8.85. The number of carbonyl (C=O) groups is 2. The maximum Gasteiger partial charge on any atom is 0.338 e. The summed E-state index contributed by atoms with van der Waals surface area (Å²) < 4.78 is 30.6. The van der Waals surface area contributed by atoms with Gasteiger partial charge in [0.05, 0.1) is 31.1 Å². The highest BCUT2D eigenvalue weighted by atomic mass is 79.9. The first-order chi connectivity index (χ1) is 18.8. The quantitative estimate of drug-likeness (QED) is 0.288. The second-order valence-electron chi connectivity index (χ2n) is 8.69. The molecule has 13 heteroatoms. The molecule has 1 saturated heterocycles. The molecule has 1 aromatic carbocycles. The van der Waals surface area contributed by atoms with Gasteiger partial charge in [0.15, 0.2) is 17.1 Å². The van der Waals surface area contributed by atoms with Gasteiger partial charge in [-0.2, -0.15) is 0 Å². The molecular weight excluding hydrogens is 593 g/mol. The molecular formula is C26H29BrFN5O5S. The van der Waals surface area contributed by atoms with Crippen LogP contribution < -0.4 is 10.6 Å². The fraction of sp³-hybridized carbons (Fsp3) is 0.385. The van der Waals surface area contributed by atoms with E-state index in [0.29, 0.717) is 52.6 Å². The standard InChI is InChI=1S/C26H29BrFN5O5S/c1-4-37-26(35)22-20(11-33-7-8-36-12-21(33)38-14-34)31-24(25-30-17(13-39-25)9-15(2)29-3)32-23(22)18-6-5-16(28)10-19(18)27/h5-6,10,13-14,21,23,29H,2,4,7-9,11-12H2,1,3H3,(H,31,32). The van der Waals surface area contributed by atoms with Crippen LogP contribution in [0.2, 0.25) is 0 Å². The van der Waals surface area contributed by atoms with Gasteiger partial charge in [0.25, 0.3) is 6.47 Å². The Balaban J connectivity index is 1.80. The van der Waals surface area contributed by atoms with Gasteiger partial charge in [0.2, 0.25) is 0 Å². The molecule has 2 aliphatic rings. The van der Waals surface area contributed by atoms with Crippen molar-refractivity contribution in [3.63, 3.8) is 0 Å². The van der Waals surface area contributed by atoms with E-state index in [1.54, 1.807) is 20.0 Å². The number of carbonyl (C=O) groups excluding carboxylic acids is 2. The maximum absolute atomic E-state index is 14.0. The van der Waals surface area contributed by atoms with Crippen molar-refractivity contribution in [2.75, 3.05) is 40.0 Å². The zero-order chi connectivity index (χ0) is 27.9. The number of thiazole rings is 1. The van der Waals surface area contributed by atoms with Gasteiger partial charge in [-0.25, -0.2) is 14.2 Å². The summed E-state index contributed by atoms with van der Waals surface area (Å²) in [4.78, 5) is 36.0. The third kappa shape index (κ3) is 6.90. The Hall–Kier alpha value is -3.13. The second kappa shape index (κ2) is 13.3. The van der Waals surface area contributed by atoms with Crippen molar-refractivity contribution in [1.29, 1.82) is 0 Å². The number of nitrogens with one attached hydrogen (secondary N) is 2. The van der Waals surface area contributed by atoms with E-state index in [1.165, 1.54) is 23.5 Å². The monoisotopic (exact) mass is 621 g/mol. The average Bonchev–Trinajstić information content (AvgIpc) is 3.38. The molecule has 0 radical (unpaired) electrons. The van der Waals surface area contributed by atoms with Gasteiger partial charge in [-0.3, -0.25) is 14.7 Å². The molecule has 39 heavy (non-hydrogen) atoms. The molecule has 0 amide bonds. The minimum Gasteiger partial charge on any atom is -0.463 e. The van der Waals surface area contributed by atoms with E-state index in [2.05, 4.69) is 33.1 Å². The summed E-state index contributed by atoms with van der Waals surface area (Å²) in [6.07, 6.45) is -0.0889. The van der Waals surface area contributed by atoms with Crippen LogP contribution in [0, 0.1) is 5.82 Å². The average molecular weight is 623 g/mol. The number of amidine groups is 1. The third-order valence-corrected chi connectivity index (χ3v) is 7.73. The van der Waals surface area contributed by atoms with Crippen molar-refractivity contribution in [2.24, 2.45) is 4.99 Å². The van der Waals surface area contributed by atoms with E-state index in [1.807, 2.05) is 10.3 Å². The van der Waals surface area contributed by atoms with E-state index in [0.717, 1.165) is 11.4 Å². The number of rotatable bonds is 11. The van der Waals surface area contributed by atoms with Crippen LogP contribution in [0.25, 0.3) is 0 Å². The molecule has 2 aliphatic heterocycles. The number of hydrogen-bond donors (Lipinski definition) is 2. The first-order valence-corrected chi connectivity index (χ1v) is 13.9. The molecule has 3 heterocycles. The first-order valence-electron chi connectivity index (χ1n) is 12.3. The number of allylic oxidation sites excluding steroid dienone is 1. The summed E-state index contributed by atoms with van der Waals surface area (Å²) in [5.74, 6) is -0.538. The topological polar surface area (TPSA) is 114 Å². The number of ether oxygens (including phenoxy) is 3. The third-order valence-electron chi connectivity index (χ3n) is 6.15. The Morgan fingerprint density at radius 1 is 1.46 bits per heavy atom. The van der Waals surface area contributed by atoms with Crippen LogP contribution in [-0.4, -0.2) is 74.3 Å². The van der Waals surface area contributed by atoms with Gasteiger partial charge in [-0.1, -0.05) is 28.6 Å². The van der Waals surface area contributed by atoms with Crippen molar-refractivity contribution in [1.82, 2.24) is 20.5 Å². The molecule has 0 aliphatic carbocycles. The molecule has 0 spiro atoms. The summed E-state index contributed by atoms with van der Waals surface area (Å²) in [6.45, 7) is 7.51. The minimum absolute atomic E-state index is 0.156. The number of aliphatic imine (C=N–C) groups is 1. The minimum atomic E-state index is -0.823. The molecule has 208 valence electrons. The molecule has 1 fully saturated rings. The lowest BCUT2D eigenvalue weighted by atomic mass is 9.95. The highest BCUT2D eigenvalue weighted by Gasteiger charge is 2.36. The van der Waals surface area contributed by atoms with Gasteiger partial charge >= 0.3 is 5.97 Å². The second-order valence-corrected chi connectivity index (χ2v) is 10.4. The molecule has 10 nitrogen and oxygen atoms in total. The van der Waals surface area contributed by atoms with Gasteiger partial charge in [-0.05, 0) is 24.6 Å². The van der Waals surface area contributed by atoms with Crippen molar-refractivity contribution in [3.8, 4) is 0 Å². The summed E-state index contributed by atoms with van der Waals surface area (Å²) in [6, 6.07) is 3.41. The molecule has 4 rings (SSSR count). The van der Waals surface area contributed by atoms with E-state index >= 15 is 0 Å². The molecule has 0 saturated carbocycles. The molecule has 1 aromatic heterocycles. The number of halogens is 2. The van der Waals surface area contributed by atoms with Gasteiger partial charge in [0.1, 0.15) is 11.9 Å². The zero-order valence-electron chi connectivity index (χ0n) is 21.5. The smallest absolute Gasteiger partial charge is 0.338 e. The van der Waals surface area contributed by atoms with E-state index in [9.17, 15) is 14.0 Å². The number of benzene rings is 1. The Kier molecular flexibility index (Phi) is 9.83. The summed E-state index contributed by atoms with van der Waals surface area (Å²) in [7, 11) is 1.80. The molecule has 0 bridgehead atoms. The van der Waals surface area contributed by atoms with E-state index < -0.39 is 24.1 Å². The predicted octanol–water partition coefficient (Wildman–Crippen LogP) is 3.06. The van der Waals surface area contributed by atoms with Crippen LogP contribution in [0.3, 0.4) is 0 Å². The van der Waals surface area contributed by atoms with Gasteiger partial charge in [-0.15, -0.1) is 11.3 Å². The van der Waals surface area contributed by atoms with E-state index in [-0.39, 0.29) is 25.3 Å². The van der Waals surface area contributed by atoms with Crippen molar-refractivity contribution in [3.05, 3.63) is 73.7 Å². The van der Waals surface area contributed by atoms with Crippen LogP contribution in [0.15, 0.2) is 56.6 Å². The lowest BCUT2D eigenvalue weighted by Crippen LogP contribution is -2.50. The normalized spacial score (nSPS) is 19.6. The van der Waals surface area contributed by atoms with Gasteiger partial charge < -0.3 is 24.8 Å². The lowest BCUT2D eigenvalue weighted by Gasteiger charge is -2.36. The maximum atomic E-state index is 14.0. The number of aromatic nitrogens is 1. The fourth-order valence-electron chi connectivity index (χ4n) is 4.22. The molecule has 2 aromatic rings. The number of nitrogens with zero attached hydrogens (tertiary/aromatic N) is 3. The summed E-state index contributed by atoms with van der Waals surface area (Å²) >= 11 is 4.84. The Morgan fingerprint density at radius 2 is 2.28 bits per heavy atom. The van der Waals surface area contributed by atoms with Gasteiger partial charge in [0, 0.05) is 47.8 Å².